The Bertz CT molecular complexity index is 1220. The third-order valence-electron chi connectivity index (χ3n) is 7.22. The number of carbonyl (C=O) groups excluding carboxylic acids is 1. The number of aromatic nitrogens is 3. The number of anilines is 1. The van der Waals surface area contributed by atoms with Gasteiger partial charge in [0.15, 0.2) is 5.82 Å². The van der Waals surface area contributed by atoms with Gasteiger partial charge in [0.2, 0.25) is 5.88 Å². The van der Waals surface area contributed by atoms with E-state index in [1.807, 2.05) is 50.4 Å². The first-order valence-electron chi connectivity index (χ1n) is 12.5. The van der Waals surface area contributed by atoms with Crippen LogP contribution in [0.5, 0.6) is 5.88 Å². The lowest BCUT2D eigenvalue weighted by atomic mass is 9.79. The molecular formula is C28H38N6O2. The van der Waals surface area contributed by atoms with Crippen molar-refractivity contribution in [2.75, 3.05) is 19.0 Å². The average Bonchev–Trinajstić information content (AvgIpc) is 2.81. The van der Waals surface area contributed by atoms with Gasteiger partial charge in [-0.15, -0.1) is 0 Å². The van der Waals surface area contributed by atoms with Crippen molar-refractivity contribution >= 4 is 22.9 Å². The van der Waals surface area contributed by atoms with Crippen LogP contribution in [0.1, 0.15) is 54.4 Å². The third kappa shape index (κ3) is 5.43. The maximum atomic E-state index is 12.4. The molecule has 3 heterocycles. The van der Waals surface area contributed by atoms with E-state index in [4.69, 9.17) is 4.74 Å². The number of carbonyl (C=O) groups is 1. The Kier molecular flexibility index (Phi) is 6.92. The van der Waals surface area contributed by atoms with E-state index >= 15 is 0 Å². The summed E-state index contributed by atoms with van der Waals surface area (Å²) in [6, 6.07) is 9.69. The van der Waals surface area contributed by atoms with Gasteiger partial charge in [0.05, 0.1) is 17.2 Å². The maximum absolute atomic E-state index is 12.4. The fraction of sp³-hybridized carbons (Fsp3) is 0.500. The lowest BCUT2D eigenvalue weighted by molar-refractivity contribution is -0.0566. The molecule has 1 aliphatic rings. The number of fused-ring (bicyclic) bond motifs is 1. The molecule has 1 saturated heterocycles. The number of urea groups is 1. The highest BCUT2D eigenvalue weighted by molar-refractivity contribution is 5.91. The molecule has 1 aliphatic heterocycles. The van der Waals surface area contributed by atoms with Crippen LogP contribution in [-0.4, -0.2) is 63.2 Å². The summed E-state index contributed by atoms with van der Waals surface area (Å²) < 4.78 is 6.32. The van der Waals surface area contributed by atoms with Crippen LogP contribution < -0.4 is 15.0 Å². The molecule has 2 amide bonds. The number of nitrogens with zero attached hydrogens (tertiary/aromatic N) is 5. The average molecular weight is 491 g/mol. The summed E-state index contributed by atoms with van der Waals surface area (Å²) in [5, 5.41) is 2.87. The van der Waals surface area contributed by atoms with Crippen LogP contribution in [0.15, 0.2) is 42.7 Å². The SMILES string of the molecule is CC(C)NC(=O)N(C)c1cnc2ccc(-c3ccc(OC4CC(C)(C)N(C)C(C)(C)C4)nc3)cc2n1. The van der Waals surface area contributed by atoms with Crippen LogP contribution in [0.2, 0.25) is 0 Å². The van der Waals surface area contributed by atoms with Crippen molar-refractivity contribution in [1.82, 2.24) is 25.2 Å². The summed E-state index contributed by atoms with van der Waals surface area (Å²) in [5.74, 6) is 1.13. The Morgan fingerprint density at radius 2 is 1.69 bits per heavy atom. The van der Waals surface area contributed by atoms with Gasteiger partial charge in [-0.25, -0.2) is 14.8 Å². The Morgan fingerprint density at radius 1 is 1.03 bits per heavy atom. The molecule has 1 N–H and O–H groups in total. The molecule has 36 heavy (non-hydrogen) atoms. The van der Waals surface area contributed by atoms with Crippen molar-refractivity contribution in [3.63, 3.8) is 0 Å². The van der Waals surface area contributed by atoms with Crippen molar-refractivity contribution in [3.8, 4) is 17.0 Å². The fourth-order valence-corrected chi connectivity index (χ4v) is 4.95. The summed E-state index contributed by atoms with van der Waals surface area (Å²) in [6.07, 6.45) is 5.46. The van der Waals surface area contributed by atoms with E-state index in [2.05, 4.69) is 59.9 Å². The molecule has 1 aromatic carbocycles. The molecule has 0 radical (unpaired) electrons. The van der Waals surface area contributed by atoms with Crippen LogP contribution in [0.3, 0.4) is 0 Å². The molecule has 2 aromatic heterocycles. The lowest BCUT2D eigenvalue weighted by Crippen LogP contribution is -2.60. The number of nitrogens with one attached hydrogen (secondary N) is 1. The smallest absolute Gasteiger partial charge is 0.323 e. The van der Waals surface area contributed by atoms with E-state index < -0.39 is 0 Å². The number of rotatable bonds is 5. The molecule has 8 nitrogen and oxygen atoms in total. The highest BCUT2D eigenvalue weighted by Gasteiger charge is 2.44. The minimum Gasteiger partial charge on any atom is -0.474 e. The highest BCUT2D eigenvalue weighted by Crippen LogP contribution is 2.38. The molecule has 0 bridgehead atoms. The Hall–Kier alpha value is -3.26. The first kappa shape index (κ1) is 25.8. The Morgan fingerprint density at radius 3 is 2.31 bits per heavy atom. The largest absolute Gasteiger partial charge is 0.474 e. The lowest BCUT2D eigenvalue weighted by Gasteiger charge is -2.53. The summed E-state index contributed by atoms with van der Waals surface area (Å²) >= 11 is 0. The molecule has 4 rings (SSSR count). The second-order valence-electron chi connectivity index (χ2n) is 11.3. The number of pyridine rings is 1. The van der Waals surface area contributed by atoms with Crippen LogP contribution >= 0.6 is 0 Å². The third-order valence-corrected chi connectivity index (χ3v) is 7.22. The quantitative estimate of drug-likeness (QED) is 0.524. The zero-order valence-corrected chi connectivity index (χ0v) is 22.7. The summed E-state index contributed by atoms with van der Waals surface area (Å²) in [7, 11) is 3.88. The number of piperidine rings is 1. The van der Waals surface area contributed by atoms with Crippen molar-refractivity contribution in [2.45, 2.75) is 77.6 Å². The minimum absolute atomic E-state index is 0.0388. The van der Waals surface area contributed by atoms with E-state index in [-0.39, 0.29) is 29.3 Å². The second kappa shape index (κ2) is 9.65. The van der Waals surface area contributed by atoms with Gasteiger partial charge in [0.25, 0.3) is 0 Å². The van der Waals surface area contributed by atoms with Gasteiger partial charge in [-0.3, -0.25) is 14.8 Å². The molecule has 192 valence electrons. The van der Waals surface area contributed by atoms with E-state index in [0.29, 0.717) is 17.2 Å². The molecule has 0 aliphatic carbocycles. The molecule has 3 aromatic rings. The zero-order chi connectivity index (χ0) is 26.3. The number of benzene rings is 1. The van der Waals surface area contributed by atoms with E-state index in [1.165, 1.54) is 4.90 Å². The van der Waals surface area contributed by atoms with Gasteiger partial charge >= 0.3 is 6.03 Å². The van der Waals surface area contributed by atoms with Crippen molar-refractivity contribution in [1.29, 1.82) is 0 Å². The molecule has 8 heteroatoms. The number of amides is 2. The summed E-state index contributed by atoms with van der Waals surface area (Å²) in [5.41, 5.74) is 3.53. The highest BCUT2D eigenvalue weighted by atomic mass is 16.5. The van der Waals surface area contributed by atoms with Crippen molar-refractivity contribution < 1.29 is 9.53 Å². The number of ether oxygens (including phenoxy) is 1. The fourth-order valence-electron chi connectivity index (χ4n) is 4.95. The molecular weight excluding hydrogens is 452 g/mol. The van der Waals surface area contributed by atoms with Gasteiger partial charge in [-0.05, 0) is 72.4 Å². The van der Waals surface area contributed by atoms with Crippen molar-refractivity contribution in [2.24, 2.45) is 0 Å². The van der Waals surface area contributed by atoms with Gasteiger partial charge < -0.3 is 10.1 Å². The van der Waals surface area contributed by atoms with Gasteiger partial charge in [-0.1, -0.05) is 6.07 Å². The van der Waals surface area contributed by atoms with Gasteiger partial charge in [-0.2, -0.15) is 0 Å². The van der Waals surface area contributed by atoms with Crippen LogP contribution in [0, 0.1) is 0 Å². The maximum Gasteiger partial charge on any atom is 0.323 e. The monoisotopic (exact) mass is 490 g/mol. The molecule has 0 unspecified atom stereocenters. The van der Waals surface area contributed by atoms with Crippen LogP contribution in [0.25, 0.3) is 22.2 Å². The van der Waals surface area contributed by atoms with Gasteiger partial charge in [0, 0.05) is 54.8 Å². The first-order valence-corrected chi connectivity index (χ1v) is 12.5. The zero-order valence-electron chi connectivity index (χ0n) is 22.7. The van der Waals surface area contributed by atoms with E-state index in [9.17, 15) is 4.79 Å². The molecule has 0 spiro atoms. The number of hydrogen-bond donors (Lipinski definition) is 1. The predicted octanol–water partition coefficient (Wildman–Crippen LogP) is 5.28. The van der Waals surface area contributed by atoms with Crippen LogP contribution in [-0.2, 0) is 0 Å². The Labute approximate surface area is 214 Å². The number of likely N-dealkylation sites (tertiary alicyclic amines) is 1. The summed E-state index contributed by atoms with van der Waals surface area (Å²) in [6.45, 7) is 12.9. The van der Waals surface area contributed by atoms with Crippen molar-refractivity contribution in [3.05, 3.63) is 42.7 Å². The minimum atomic E-state index is -0.217. The first-order chi connectivity index (χ1) is 16.9. The normalized spacial score (nSPS) is 17.8. The standard InChI is InChI=1S/C28H38N6O2/c1-18(2)31-26(35)33(7)24-17-29-22-11-9-19(13-23(22)32-24)20-10-12-25(30-16-20)36-21-14-27(3,4)34(8)28(5,6)15-21/h9-13,16-18,21H,14-15H2,1-8H3,(H,31,35). The summed E-state index contributed by atoms with van der Waals surface area (Å²) in [4.78, 5) is 30.0. The topological polar surface area (TPSA) is 83.5 Å². The number of hydrogen-bond acceptors (Lipinski definition) is 6. The van der Waals surface area contributed by atoms with Gasteiger partial charge in [0.1, 0.15) is 6.10 Å². The molecule has 0 saturated carbocycles. The Balaban J connectivity index is 1.51. The second-order valence-corrected chi connectivity index (χ2v) is 11.3. The predicted molar refractivity (Wildman–Crippen MR) is 144 cm³/mol. The van der Waals surface area contributed by atoms with E-state index in [0.717, 1.165) is 29.5 Å². The molecule has 0 atom stereocenters. The van der Waals surface area contributed by atoms with E-state index in [1.54, 1.807) is 13.2 Å². The molecule has 1 fully saturated rings. The van der Waals surface area contributed by atoms with Crippen LogP contribution in [0.4, 0.5) is 10.6 Å².